The van der Waals surface area contributed by atoms with Gasteiger partial charge in [-0.1, -0.05) is 118 Å². The van der Waals surface area contributed by atoms with E-state index in [1.807, 2.05) is 13.8 Å². The molecule has 0 unspecified atom stereocenters. The highest BCUT2D eigenvalue weighted by atomic mass is 32.2. The number of H-pyrrole nitrogens is 3. The number of guanidine groups is 2. The number of carbonyl (C=O) groups is 17. The Labute approximate surface area is 789 Å². The van der Waals surface area contributed by atoms with Crippen LogP contribution in [0.3, 0.4) is 0 Å². The van der Waals surface area contributed by atoms with Gasteiger partial charge in [0.2, 0.25) is 94.5 Å². The Balaban J connectivity index is 1.20. The number of aromatic nitrogens is 4. The van der Waals surface area contributed by atoms with E-state index in [0.717, 1.165) is 36.3 Å². The molecule has 2 aliphatic rings. The number of rotatable bonds is 28. The van der Waals surface area contributed by atoms with Crippen LogP contribution in [0.25, 0.3) is 21.8 Å². The second-order valence-corrected chi connectivity index (χ2v) is 34.4. The summed E-state index contributed by atoms with van der Waals surface area (Å²) < 4.78 is 0. The van der Waals surface area contributed by atoms with Crippen LogP contribution in [0.5, 0.6) is 0 Å². The zero-order chi connectivity index (χ0) is 99.4. The van der Waals surface area contributed by atoms with Gasteiger partial charge in [0, 0.05) is 132 Å². The van der Waals surface area contributed by atoms with Crippen molar-refractivity contribution in [2.75, 3.05) is 79.0 Å². The maximum Gasteiger partial charge on any atom is 0.256 e. The first-order chi connectivity index (χ1) is 64.9. The van der Waals surface area contributed by atoms with E-state index in [4.69, 9.17) is 33.8 Å². The molecule has 8 rings (SSSR count). The number of primary amides is 2. The number of carbonyl (C=O) groups excluding carboxylic acids is 17. The van der Waals surface area contributed by atoms with Crippen molar-refractivity contribution in [1.82, 2.24) is 108 Å². The molecule has 0 bridgehead atoms. The molecule has 0 radical (unpaired) electrons. The van der Waals surface area contributed by atoms with Crippen molar-refractivity contribution in [3.8, 4) is 11.8 Å². The van der Waals surface area contributed by atoms with Gasteiger partial charge in [-0.15, -0.1) is 11.8 Å². The van der Waals surface area contributed by atoms with Crippen LogP contribution in [-0.2, 0) is 107 Å². The van der Waals surface area contributed by atoms with E-state index in [1.54, 1.807) is 91.3 Å². The van der Waals surface area contributed by atoms with Crippen molar-refractivity contribution in [3.05, 3.63) is 126 Å². The lowest BCUT2D eigenvalue weighted by molar-refractivity contribution is -0.149. The van der Waals surface area contributed by atoms with Crippen LogP contribution in [0, 0.1) is 22.7 Å². The van der Waals surface area contributed by atoms with Crippen molar-refractivity contribution in [1.29, 1.82) is 10.8 Å². The SMILES string of the molecule is CCCC[C@H]1C(=O)N(C)[C@@H](CCCC)C(=O)N[C@@H](CCCNC(=N)N)C(=O)N[C@H](C(=O)NCC(N)=O)CSCC(=O)N[C@@H](Cc2ccccc2)C(=O)N(C)[C@@H](C)C(=O)N[C@@H](CC(N)=O)C(=O)N2CCC#C[C@H]2C(=O)N[C@@H](Cc2cnc[nH]2)C(=O)N[C@@H](CCCNC(=N)N)C(=O)N(C)CC(=O)N[C@@H](Cc2c[nH]c3ccccc23)C(=O)N[C@@H](CO)C(=O)N[C@@H](Cc2c[nH]c3ccccc23)C(=O)N1C. The van der Waals surface area contributed by atoms with Gasteiger partial charge in [0.1, 0.15) is 72.5 Å². The summed E-state index contributed by atoms with van der Waals surface area (Å²) in [7, 11) is 5.14. The third-order valence-corrected chi connectivity index (χ3v) is 24.2. The van der Waals surface area contributed by atoms with Gasteiger partial charge in [-0.25, -0.2) is 4.98 Å². The second kappa shape index (κ2) is 52.7. The van der Waals surface area contributed by atoms with Gasteiger partial charge >= 0.3 is 0 Å². The van der Waals surface area contributed by atoms with Crippen LogP contribution in [0.15, 0.2) is 104 Å². The number of unbranched alkanes of at least 4 members (excludes halogenated alkanes) is 2. The van der Waals surface area contributed by atoms with Crippen molar-refractivity contribution in [2.45, 2.75) is 202 Å². The third-order valence-electron chi connectivity index (χ3n) is 23.1. The Kier molecular flexibility index (Phi) is 41.3. The summed E-state index contributed by atoms with van der Waals surface area (Å²) in [6.45, 7) is 2.00. The largest absolute Gasteiger partial charge is 0.394 e. The molecule has 45 nitrogen and oxygen atoms in total. The van der Waals surface area contributed by atoms with E-state index in [2.05, 4.69) is 95.6 Å². The van der Waals surface area contributed by atoms with Crippen molar-refractivity contribution in [3.63, 3.8) is 0 Å². The second-order valence-electron chi connectivity index (χ2n) is 33.3. The molecule has 1 fully saturated rings. The fraction of sp³-hybridized carbons (Fsp3) is 0.489. The highest BCUT2D eigenvalue weighted by Crippen LogP contribution is 2.25. The molecular formula is C90H125N27O18S. The summed E-state index contributed by atoms with van der Waals surface area (Å²) >= 11 is 0.780. The van der Waals surface area contributed by atoms with Gasteiger partial charge in [-0.2, -0.15) is 0 Å². The summed E-state index contributed by atoms with van der Waals surface area (Å²) in [6, 6.07) is 1.66. The molecule has 0 saturated carbocycles. The molecule has 0 aliphatic carbocycles. The van der Waals surface area contributed by atoms with Gasteiger partial charge in [0.25, 0.3) is 5.91 Å². The molecule has 3 aromatic heterocycles. The quantitative estimate of drug-likeness (QED) is 0.00956. The minimum atomic E-state index is -1.88. The molecule has 13 atom stereocenters. The number of benzene rings is 3. The number of amides is 17. The zero-order valence-corrected chi connectivity index (χ0v) is 77.9. The molecule has 1 saturated heterocycles. The highest BCUT2D eigenvalue weighted by Gasteiger charge is 2.43. The number of aromatic amines is 3. The number of likely N-dealkylation sites (N-methyl/N-ethyl adjacent to an activating group) is 4. The number of nitrogens with zero attached hydrogens (tertiary/aromatic N) is 6. The van der Waals surface area contributed by atoms with E-state index in [-0.39, 0.29) is 96.0 Å². The molecule has 2 aliphatic heterocycles. The normalized spacial score (nSPS) is 22.9. The van der Waals surface area contributed by atoms with Crippen molar-refractivity contribution < 1.29 is 86.6 Å². The van der Waals surface area contributed by atoms with E-state index in [9.17, 15) is 57.8 Å². The van der Waals surface area contributed by atoms with E-state index in [1.165, 1.54) is 47.6 Å². The Bertz CT molecular complexity index is 5310. The van der Waals surface area contributed by atoms with Gasteiger partial charge < -0.3 is 131 Å². The van der Waals surface area contributed by atoms with Crippen LogP contribution in [0.4, 0.5) is 0 Å². The number of fused-ring (bicyclic) bond motifs is 3. The Morgan fingerprint density at radius 2 is 1.02 bits per heavy atom. The first-order valence-electron chi connectivity index (χ1n) is 44.8. The molecule has 46 heteroatoms. The molecule has 17 amide bonds. The maximum absolute atomic E-state index is 15.7. The third kappa shape index (κ3) is 31.5. The van der Waals surface area contributed by atoms with Crippen LogP contribution >= 0.6 is 11.8 Å². The lowest BCUT2D eigenvalue weighted by Gasteiger charge is -2.36. The molecule has 3 aromatic carbocycles. The van der Waals surface area contributed by atoms with Gasteiger partial charge in [0.05, 0.1) is 38.2 Å². The molecule has 734 valence electrons. The lowest BCUT2D eigenvalue weighted by atomic mass is 10.00. The Morgan fingerprint density at radius 1 is 0.507 bits per heavy atom. The molecular weight excluding hydrogens is 1780 g/mol. The molecule has 5 heterocycles. The number of hydrogen-bond acceptors (Lipinski definition) is 22. The Hall–Kier alpha value is -14.7. The van der Waals surface area contributed by atoms with Crippen LogP contribution in [0.1, 0.15) is 120 Å². The molecule has 0 spiro atoms. The number of nitrogens with two attached hydrogens (primary N) is 4. The fourth-order valence-corrected chi connectivity index (χ4v) is 16.4. The number of aliphatic hydroxyl groups excluding tert-OH is 1. The highest BCUT2D eigenvalue weighted by molar-refractivity contribution is 8.00. The minimum absolute atomic E-state index is 0.00847. The minimum Gasteiger partial charge on any atom is -0.394 e. The molecule has 136 heavy (non-hydrogen) atoms. The maximum atomic E-state index is 15.7. The number of nitrogens with one attached hydrogen (secondary N) is 17. The monoisotopic (exact) mass is 1900 g/mol. The zero-order valence-electron chi connectivity index (χ0n) is 77.1. The summed E-state index contributed by atoms with van der Waals surface area (Å²) in [5.74, 6) is -12.7. The van der Waals surface area contributed by atoms with Gasteiger partial charge in [0.15, 0.2) is 18.0 Å². The van der Waals surface area contributed by atoms with E-state index in [0.29, 0.717) is 64.2 Å². The molecule has 6 aromatic rings. The Morgan fingerprint density at radius 3 is 1.61 bits per heavy atom. The van der Waals surface area contributed by atoms with Crippen LogP contribution in [0.2, 0.25) is 0 Å². The van der Waals surface area contributed by atoms with Gasteiger partial charge in [-0.3, -0.25) is 92.3 Å². The summed E-state index contributed by atoms with van der Waals surface area (Å²) in [4.78, 5) is 268. The topological polar surface area (TPSA) is 683 Å². The predicted octanol–water partition coefficient (Wildman–Crippen LogP) is -4.31. The number of thioether (sulfide) groups is 1. The number of hydrogen-bond donors (Lipinski definition) is 22. The average Bonchev–Trinajstić information content (AvgIpc) is 1.76. The summed E-state index contributed by atoms with van der Waals surface area (Å²) in [6.07, 6.45) is 5.09. The van der Waals surface area contributed by atoms with Crippen molar-refractivity contribution in [2.24, 2.45) is 22.9 Å². The van der Waals surface area contributed by atoms with E-state index < -0.39 is 229 Å². The average molecular weight is 1910 g/mol. The van der Waals surface area contributed by atoms with Crippen molar-refractivity contribution >= 4 is 146 Å². The predicted molar refractivity (Wildman–Crippen MR) is 502 cm³/mol. The van der Waals surface area contributed by atoms with Gasteiger partial charge in [-0.05, 0) is 74.3 Å². The lowest BCUT2D eigenvalue weighted by Crippen LogP contribution is -2.61. The van der Waals surface area contributed by atoms with Crippen LogP contribution in [-0.4, -0.2) is 319 Å². The number of imidazole rings is 1. The first-order valence-corrected chi connectivity index (χ1v) is 45.9. The molecule has 26 N–H and O–H groups in total. The summed E-state index contributed by atoms with van der Waals surface area (Å²) in [5, 5.41) is 59.5. The fourth-order valence-electron chi connectivity index (χ4n) is 15.6. The van der Waals surface area contributed by atoms with Crippen LogP contribution < -0.4 is 86.7 Å². The smallest absolute Gasteiger partial charge is 0.256 e. The standard InChI is InChI=1S/C90H125N27O18S/c1-8-10-31-69-82(129)106-60(29-21-34-98-89(93)94)78(125)112-68(77(124)102-45-73(92)120)48-136-49-75(122)105-64(37-52-23-13-12-14-24-52)85(132)114(5)51(3)76(123)109-66(41-72(91)119)87(134)117-36-20-19-33-70(117)83(130)108-63(40-55-44-97-50-103-55)80(127)107-61(30-22-35-99-90(95)96)84(131)113(4)46-74(121)104-62(38-53-42-100-58-27-17-15-25-56(53)58)79(126)111-67(47-118)81(128)110-65(39-54-43-101-59-28-18-16-26-57(54)59)86(133)116(7)71(32-11-9-2)88(135)115(69)6/h12-18,23-28,42-44,50-51,60-71,100-101,118H,8-11,20-22,29-32,34-41,45-49H2,1-7H3,(H2,91,119)(H2,92,120)(H,97,103)(H,102,124)(H,104,121)(H,105,122)(H,106,129)(H,107,127)(H,108,130)(H,109,123)(H,110,128)(H,111,126)(H,112,125)(H4,93,94,98)(H4,95,96,99)/t51-,60-,61-,62-,63-,64-,65-,66-,67-,68-,69-,70-,71-/m0/s1. The first kappa shape index (κ1) is 107. The van der Waals surface area contributed by atoms with E-state index >= 15 is 28.8 Å². The number of para-hydroxylation sites is 2. The summed E-state index contributed by atoms with van der Waals surface area (Å²) in [5.41, 5.74) is 25.5. The number of aliphatic hydroxyl groups is 1.